The fourth-order valence-electron chi connectivity index (χ4n) is 1.67. The summed E-state index contributed by atoms with van der Waals surface area (Å²) in [5.41, 5.74) is 2.56. The molecule has 28 heavy (non-hydrogen) atoms. The van der Waals surface area contributed by atoms with Crippen molar-refractivity contribution in [1.82, 2.24) is 4.98 Å². The average molecular weight is 530 g/mol. The topological polar surface area (TPSA) is 72.6 Å². The predicted octanol–water partition coefficient (Wildman–Crippen LogP) is 2.79. The van der Waals surface area contributed by atoms with Crippen LogP contribution < -0.4 is 17.0 Å². The molecule has 4 nitrogen and oxygen atoms in total. The van der Waals surface area contributed by atoms with E-state index in [2.05, 4.69) is 93.0 Å². The van der Waals surface area contributed by atoms with Crippen molar-refractivity contribution in [3.05, 3.63) is 49.5 Å². The van der Waals surface area contributed by atoms with Crippen LogP contribution in [0.2, 0.25) is 0 Å². The zero-order chi connectivity index (χ0) is 21.6. The molecule has 2 unspecified atom stereocenters. The van der Waals surface area contributed by atoms with Crippen LogP contribution in [0.4, 0.5) is 0 Å². The minimum absolute atomic E-state index is 0. The summed E-state index contributed by atoms with van der Waals surface area (Å²) >= 11 is 0. The molecule has 8 heteroatoms. The summed E-state index contributed by atoms with van der Waals surface area (Å²) in [5.74, 6) is 0. The molecule has 1 radical (unpaired) electrons. The van der Waals surface area contributed by atoms with Crippen LogP contribution in [0, 0.1) is 20.0 Å². The van der Waals surface area contributed by atoms with Crippen LogP contribution in [-0.2, 0) is 43.3 Å². The molecule has 0 fully saturated rings. The van der Waals surface area contributed by atoms with Crippen LogP contribution >= 0.6 is 15.8 Å². The van der Waals surface area contributed by atoms with Gasteiger partial charge in [0.25, 0.3) is 0 Å². The van der Waals surface area contributed by atoms with Crippen LogP contribution in [0.1, 0.15) is 52.9 Å². The smallest absolute Gasteiger partial charge is 0 e. The van der Waals surface area contributed by atoms with Gasteiger partial charge in [0.15, 0.2) is 0 Å². The zero-order valence-corrected chi connectivity index (χ0v) is 22.5. The van der Waals surface area contributed by atoms with Gasteiger partial charge in [-0.1, -0.05) is 63.5 Å². The third-order valence-corrected chi connectivity index (χ3v) is 10.1. The monoisotopic (exact) mass is 529 g/mol. The third-order valence-electron chi connectivity index (χ3n) is 3.95. The van der Waals surface area contributed by atoms with Crippen molar-refractivity contribution in [2.75, 3.05) is 13.3 Å². The van der Waals surface area contributed by atoms with Gasteiger partial charge in [0, 0.05) is 40.8 Å². The Hall–Kier alpha value is 0.229. The molecule has 159 valence electrons. The number of nitrogens with zero attached hydrogens (tertiary/aromatic N) is 1. The SMILES string of the molecule is CP(Cc1cccc(CP(C)C(C)(C)C)n1)C(C)(C)C.[Br-].[C-]#[O+].[C-]#[O+].[C-]#[O+].[Mn]. The van der Waals surface area contributed by atoms with Crippen LogP contribution in [0.3, 0.4) is 0 Å². The molecule has 0 saturated carbocycles. The summed E-state index contributed by atoms with van der Waals surface area (Å²) in [5, 5.41) is 0.825. The predicted molar refractivity (Wildman–Crippen MR) is 109 cm³/mol. The molecular weight excluding hydrogens is 499 g/mol. The summed E-state index contributed by atoms with van der Waals surface area (Å²) in [4.78, 5) is 4.91. The maximum absolute atomic E-state index is 7.50. The maximum atomic E-state index is 7.50. The minimum Gasteiger partial charge on any atom is 0 e. The van der Waals surface area contributed by atoms with E-state index in [-0.39, 0.29) is 49.9 Å². The Bertz CT molecular complexity index is 516. The molecule has 0 saturated heterocycles. The second-order valence-corrected chi connectivity index (χ2v) is 13.8. The van der Waals surface area contributed by atoms with Gasteiger partial charge in [-0.25, -0.2) is 0 Å². The van der Waals surface area contributed by atoms with E-state index in [0.717, 1.165) is 12.3 Å². The van der Waals surface area contributed by atoms with Gasteiger partial charge >= 0.3 is 33.9 Å². The van der Waals surface area contributed by atoms with Crippen molar-refractivity contribution in [3.63, 3.8) is 0 Å². The Balaban J connectivity index is -0.000000201. The van der Waals surface area contributed by atoms with Gasteiger partial charge in [0.1, 0.15) is 0 Å². The summed E-state index contributed by atoms with van der Waals surface area (Å²) in [7, 11) is -0.0208. The molecule has 1 aromatic rings. The Morgan fingerprint density at radius 3 is 1.21 bits per heavy atom. The van der Waals surface area contributed by atoms with Gasteiger partial charge in [0.2, 0.25) is 0 Å². The van der Waals surface area contributed by atoms with Crippen molar-refractivity contribution in [1.29, 1.82) is 0 Å². The Labute approximate surface area is 195 Å². The van der Waals surface area contributed by atoms with E-state index in [9.17, 15) is 0 Å². The van der Waals surface area contributed by atoms with Crippen molar-refractivity contribution in [2.24, 2.45) is 0 Å². The average Bonchev–Trinajstić information content (AvgIpc) is 2.59. The second-order valence-electron chi connectivity index (χ2n) is 7.67. The van der Waals surface area contributed by atoms with Crippen LogP contribution in [-0.4, -0.2) is 28.6 Å². The van der Waals surface area contributed by atoms with Gasteiger partial charge in [-0.05, 0) is 35.8 Å². The first-order valence-corrected chi connectivity index (χ1v) is 11.9. The quantitative estimate of drug-likeness (QED) is 0.256. The molecule has 1 rings (SSSR count). The van der Waals surface area contributed by atoms with Gasteiger partial charge in [0.05, 0.1) is 0 Å². The molecule has 0 amide bonds. The van der Waals surface area contributed by atoms with Gasteiger partial charge in [-0.15, -0.1) is 0 Å². The standard InChI is InChI=1S/C17H31NP2.3CO.BrH.Mn/c1-16(2,3)19(7)12-14-10-9-11-15(18-14)13-20(8)17(4,5)6;3*1-2;;/h9-11H,12-13H2,1-8H3;;;;1H;/p-1. The van der Waals surface area contributed by atoms with E-state index in [0.29, 0.717) is 10.3 Å². The molecule has 1 aromatic heterocycles. The number of rotatable bonds is 4. The van der Waals surface area contributed by atoms with Crippen molar-refractivity contribution < 1.29 is 48.0 Å². The summed E-state index contributed by atoms with van der Waals surface area (Å²) in [6, 6.07) is 6.58. The minimum atomic E-state index is -0.0104. The van der Waals surface area contributed by atoms with Crippen LogP contribution in [0.15, 0.2) is 18.2 Å². The van der Waals surface area contributed by atoms with Gasteiger partial charge in [-0.3, -0.25) is 4.98 Å². The number of hydrogen-bond acceptors (Lipinski definition) is 1. The van der Waals surface area contributed by atoms with Crippen molar-refractivity contribution in [2.45, 2.75) is 64.2 Å². The first kappa shape index (κ1) is 38.8. The first-order valence-electron chi connectivity index (χ1n) is 7.98. The van der Waals surface area contributed by atoms with Gasteiger partial charge in [-0.2, -0.15) is 0 Å². The number of pyridine rings is 1. The Morgan fingerprint density at radius 1 is 0.750 bits per heavy atom. The largest absolute Gasteiger partial charge is 0 e. The van der Waals surface area contributed by atoms with E-state index >= 15 is 0 Å². The zero-order valence-electron chi connectivity index (χ0n) is 18.0. The van der Waals surface area contributed by atoms with Crippen molar-refractivity contribution in [3.8, 4) is 0 Å². The van der Waals surface area contributed by atoms with Gasteiger partial charge < -0.3 is 17.0 Å². The van der Waals surface area contributed by atoms with E-state index < -0.39 is 0 Å². The number of hydrogen-bond donors (Lipinski definition) is 0. The second kappa shape index (κ2) is 20.5. The van der Waals surface area contributed by atoms with E-state index in [1.54, 1.807) is 0 Å². The van der Waals surface area contributed by atoms with Crippen LogP contribution in [0.5, 0.6) is 0 Å². The normalized spacial score (nSPS) is 11.6. The fraction of sp³-hybridized carbons (Fsp3) is 0.600. The molecule has 0 aromatic carbocycles. The summed E-state index contributed by atoms with van der Waals surface area (Å²) in [6.07, 6.45) is 2.29. The van der Waals surface area contributed by atoms with E-state index in [1.165, 1.54) is 11.4 Å². The molecule has 2 atom stereocenters. The van der Waals surface area contributed by atoms with E-state index in [1.807, 2.05) is 0 Å². The first-order chi connectivity index (χ1) is 12.0. The molecule has 0 aliphatic carbocycles. The number of aromatic nitrogens is 1. The third kappa shape index (κ3) is 18.3. The Kier molecular flexibility index (Phi) is 28.4. The fourth-order valence-corrected chi connectivity index (χ4v) is 3.94. The molecule has 0 aliphatic rings. The van der Waals surface area contributed by atoms with E-state index in [4.69, 9.17) is 18.9 Å². The molecule has 0 spiro atoms. The number of halogens is 1. The summed E-state index contributed by atoms with van der Waals surface area (Å²) < 4.78 is 22.5. The van der Waals surface area contributed by atoms with Crippen LogP contribution in [0.25, 0.3) is 0 Å². The molecule has 0 aliphatic heterocycles. The molecular formula is C20H31BrMnNO3P2-. The molecule has 0 N–H and O–H groups in total. The molecule has 0 bridgehead atoms. The molecule has 1 heterocycles. The summed E-state index contributed by atoms with van der Waals surface area (Å²) in [6.45, 7) is 32.3. The van der Waals surface area contributed by atoms with Crippen molar-refractivity contribution >= 4 is 15.8 Å². The Morgan fingerprint density at radius 2 is 1.00 bits per heavy atom. The maximum Gasteiger partial charge on any atom is 0 e.